The molecule has 20 heavy (non-hydrogen) atoms. The van der Waals surface area contributed by atoms with Crippen molar-refractivity contribution < 1.29 is 4.39 Å². The molecule has 0 amide bonds. The van der Waals surface area contributed by atoms with Crippen LogP contribution in [-0.4, -0.2) is 6.54 Å². The smallest absolute Gasteiger partial charge is 0.123 e. The fourth-order valence-electron chi connectivity index (χ4n) is 3.02. The molecule has 1 nitrogen and oxygen atoms in total. The molecule has 0 fully saturated rings. The van der Waals surface area contributed by atoms with Crippen LogP contribution in [0, 0.1) is 18.7 Å². The standard InChI is InChI=1S/C18H30FN/c1-5-8-15(9-6-2)18(20-10-7-3)16-11-14(4)12-17(19)13-16/h11-13,15,18,20H,5-10H2,1-4H3. The predicted octanol–water partition coefficient (Wildman–Crippen LogP) is 5.39. The summed E-state index contributed by atoms with van der Waals surface area (Å²) >= 11 is 0. The highest BCUT2D eigenvalue weighted by atomic mass is 19.1. The molecule has 0 aromatic heterocycles. The molecule has 1 aromatic carbocycles. The Balaban J connectivity index is 3.01. The molecule has 1 atom stereocenters. The molecule has 1 aromatic rings. The van der Waals surface area contributed by atoms with Crippen molar-refractivity contribution in [1.82, 2.24) is 5.32 Å². The van der Waals surface area contributed by atoms with Crippen molar-refractivity contribution in [3.63, 3.8) is 0 Å². The Morgan fingerprint density at radius 1 is 1.00 bits per heavy atom. The largest absolute Gasteiger partial charge is 0.310 e. The zero-order chi connectivity index (χ0) is 15.0. The summed E-state index contributed by atoms with van der Waals surface area (Å²) in [5.41, 5.74) is 2.12. The lowest BCUT2D eigenvalue weighted by Gasteiger charge is -2.29. The van der Waals surface area contributed by atoms with Crippen LogP contribution in [-0.2, 0) is 0 Å². The zero-order valence-electron chi connectivity index (χ0n) is 13.5. The number of aryl methyl sites for hydroxylation is 1. The average Bonchev–Trinajstić information content (AvgIpc) is 2.38. The van der Waals surface area contributed by atoms with E-state index < -0.39 is 0 Å². The van der Waals surface area contributed by atoms with Gasteiger partial charge in [-0.1, -0.05) is 39.7 Å². The van der Waals surface area contributed by atoms with Gasteiger partial charge in [0.2, 0.25) is 0 Å². The van der Waals surface area contributed by atoms with Crippen LogP contribution in [0.2, 0.25) is 0 Å². The fourth-order valence-corrected chi connectivity index (χ4v) is 3.02. The molecular weight excluding hydrogens is 249 g/mol. The SMILES string of the molecule is CCCNC(c1cc(C)cc(F)c1)C(CCC)CCC. The van der Waals surface area contributed by atoms with Crippen LogP contribution in [0.3, 0.4) is 0 Å². The van der Waals surface area contributed by atoms with Gasteiger partial charge in [0.05, 0.1) is 0 Å². The number of hydrogen-bond acceptors (Lipinski definition) is 1. The van der Waals surface area contributed by atoms with E-state index in [1.807, 2.05) is 6.92 Å². The lowest BCUT2D eigenvalue weighted by atomic mass is 9.85. The van der Waals surface area contributed by atoms with Crippen LogP contribution in [0.5, 0.6) is 0 Å². The highest BCUT2D eigenvalue weighted by Crippen LogP contribution is 2.30. The zero-order valence-corrected chi connectivity index (χ0v) is 13.5. The second-order valence-corrected chi connectivity index (χ2v) is 5.83. The van der Waals surface area contributed by atoms with Crippen LogP contribution in [0.25, 0.3) is 0 Å². The van der Waals surface area contributed by atoms with Gasteiger partial charge in [-0.25, -0.2) is 4.39 Å². The fraction of sp³-hybridized carbons (Fsp3) is 0.667. The van der Waals surface area contributed by atoms with Gasteiger partial charge in [-0.15, -0.1) is 0 Å². The van der Waals surface area contributed by atoms with E-state index in [0.717, 1.165) is 24.1 Å². The van der Waals surface area contributed by atoms with E-state index in [1.54, 1.807) is 12.1 Å². The van der Waals surface area contributed by atoms with Gasteiger partial charge in [0.25, 0.3) is 0 Å². The molecule has 0 saturated heterocycles. The molecular formula is C18H30FN. The lowest BCUT2D eigenvalue weighted by molar-refractivity contribution is 0.315. The van der Waals surface area contributed by atoms with Crippen LogP contribution >= 0.6 is 0 Å². The Morgan fingerprint density at radius 3 is 2.15 bits per heavy atom. The van der Waals surface area contributed by atoms with Gasteiger partial charge in [0.1, 0.15) is 5.82 Å². The second-order valence-electron chi connectivity index (χ2n) is 5.83. The van der Waals surface area contributed by atoms with Gasteiger partial charge < -0.3 is 5.32 Å². The average molecular weight is 279 g/mol. The van der Waals surface area contributed by atoms with Gasteiger partial charge in [-0.05, 0) is 61.9 Å². The van der Waals surface area contributed by atoms with Crippen LogP contribution in [0.4, 0.5) is 4.39 Å². The Labute approximate surface area is 124 Å². The predicted molar refractivity (Wildman–Crippen MR) is 85.5 cm³/mol. The van der Waals surface area contributed by atoms with Gasteiger partial charge in [0, 0.05) is 6.04 Å². The molecule has 1 rings (SSSR count). The third-order valence-corrected chi connectivity index (χ3v) is 3.83. The molecule has 0 aliphatic heterocycles. The van der Waals surface area contributed by atoms with Gasteiger partial charge in [0.15, 0.2) is 0 Å². The summed E-state index contributed by atoms with van der Waals surface area (Å²) in [6.07, 6.45) is 5.87. The maximum atomic E-state index is 13.7. The summed E-state index contributed by atoms with van der Waals surface area (Å²) in [6, 6.07) is 5.73. The number of benzene rings is 1. The molecule has 0 heterocycles. The van der Waals surface area contributed by atoms with Crippen molar-refractivity contribution in [2.45, 2.75) is 65.8 Å². The Kier molecular flexibility index (Phi) is 7.83. The summed E-state index contributed by atoms with van der Waals surface area (Å²) in [4.78, 5) is 0. The summed E-state index contributed by atoms with van der Waals surface area (Å²) in [6.45, 7) is 9.60. The first-order chi connectivity index (χ1) is 9.62. The minimum atomic E-state index is -0.116. The lowest BCUT2D eigenvalue weighted by Crippen LogP contribution is -2.29. The Bertz CT molecular complexity index is 363. The monoisotopic (exact) mass is 279 g/mol. The molecule has 0 bridgehead atoms. The van der Waals surface area contributed by atoms with Gasteiger partial charge in [-0.2, -0.15) is 0 Å². The maximum absolute atomic E-state index is 13.7. The second kappa shape index (κ2) is 9.12. The first kappa shape index (κ1) is 17.2. The summed E-state index contributed by atoms with van der Waals surface area (Å²) in [7, 11) is 0. The molecule has 1 unspecified atom stereocenters. The van der Waals surface area contributed by atoms with Crippen molar-refractivity contribution in [3.05, 3.63) is 35.1 Å². The highest BCUT2D eigenvalue weighted by Gasteiger charge is 2.22. The molecule has 0 spiro atoms. The maximum Gasteiger partial charge on any atom is 0.123 e. The summed E-state index contributed by atoms with van der Waals surface area (Å²) < 4.78 is 13.7. The normalized spacial score (nSPS) is 12.9. The third-order valence-electron chi connectivity index (χ3n) is 3.83. The molecule has 1 N–H and O–H groups in total. The molecule has 114 valence electrons. The molecule has 0 aliphatic rings. The van der Waals surface area contributed by atoms with Crippen molar-refractivity contribution in [1.29, 1.82) is 0 Å². The topological polar surface area (TPSA) is 12.0 Å². The van der Waals surface area contributed by atoms with Crippen molar-refractivity contribution >= 4 is 0 Å². The van der Waals surface area contributed by atoms with E-state index >= 15 is 0 Å². The van der Waals surface area contributed by atoms with E-state index in [9.17, 15) is 4.39 Å². The molecule has 2 heteroatoms. The van der Waals surface area contributed by atoms with Crippen molar-refractivity contribution in [2.75, 3.05) is 6.54 Å². The van der Waals surface area contributed by atoms with E-state index in [-0.39, 0.29) is 11.9 Å². The third kappa shape index (κ3) is 5.24. The first-order valence-electron chi connectivity index (χ1n) is 8.12. The van der Waals surface area contributed by atoms with E-state index in [2.05, 4.69) is 32.2 Å². The van der Waals surface area contributed by atoms with Crippen molar-refractivity contribution in [2.24, 2.45) is 5.92 Å². The van der Waals surface area contributed by atoms with Crippen LogP contribution in [0.15, 0.2) is 18.2 Å². The minimum absolute atomic E-state index is 0.116. The van der Waals surface area contributed by atoms with Crippen molar-refractivity contribution in [3.8, 4) is 0 Å². The summed E-state index contributed by atoms with van der Waals surface area (Å²) in [5, 5.41) is 3.64. The van der Waals surface area contributed by atoms with Gasteiger partial charge in [-0.3, -0.25) is 0 Å². The quantitative estimate of drug-likeness (QED) is 0.639. The van der Waals surface area contributed by atoms with Crippen LogP contribution < -0.4 is 5.32 Å². The van der Waals surface area contributed by atoms with E-state index in [1.165, 1.54) is 25.7 Å². The number of nitrogens with one attached hydrogen (secondary N) is 1. The van der Waals surface area contributed by atoms with E-state index in [4.69, 9.17) is 0 Å². The number of hydrogen-bond donors (Lipinski definition) is 1. The Morgan fingerprint density at radius 2 is 1.65 bits per heavy atom. The first-order valence-corrected chi connectivity index (χ1v) is 8.12. The number of rotatable bonds is 9. The summed E-state index contributed by atoms with van der Waals surface area (Å²) in [5.74, 6) is 0.479. The van der Waals surface area contributed by atoms with Crippen LogP contribution in [0.1, 0.15) is 70.0 Å². The molecule has 0 aliphatic carbocycles. The van der Waals surface area contributed by atoms with E-state index in [0.29, 0.717) is 5.92 Å². The minimum Gasteiger partial charge on any atom is -0.310 e. The number of halogens is 1. The molecule has 0 saturated carbocycles. The van der Waals surface area contributed by atoms with Gasteiger partial charge >= 0.3 is 0 Å². The molecule has 0 radical (unpaired) electrons. The highest BCUT2D eigenvalue weighted by molar-refractivity contribution is 5.27. The Hall–Kier alpha value is -0.890.